The summed E-state index contributed by atoms with van der Waals surface area (Å²) in [4.78, 5) is 11.5. The minimum atomic E-state index is -0.462. The fourth-order valence-electron chi connectivity index (χ4n) is 1.31. The van der Waals surface area contributed by atoms with E-state index in [2.05, 4.69) is 0 Å². The van der Waals surface area contributed by atoms with Gasteiger partial charge in [0, 0.05) is 0 Å². The van der Waals surface area contributed by atoms with E-state index in [1.54, 1.807) is 0 Å². The van der Waals surface area contributed by atoms with Crippen molar-refractivity contribution in [1.82, 2.24) is 0 Å². The van der Waals surface area contributed by atoms with Crippen LogP contribution in [0.1, 0.15) is 47.0 Å². The molecular formula is C11H23NO2. The Balaban J connectivity index is 3.93. The van der Waals surface area contributed by atoms with Crippen molar-refractivity contribution in [2.75, 3.05) is 0 Å². The molecule has 0 aliphatic carbocycles. The molecule has 0 aliphatic heterocycles. The van der Waals surface area contributed by atoms with E-state index >= 15 is 0 Å². The first-order valence-corrected chi connectivity index (χ1v) is 5.47. The van der Waals surface area contributed by atoms with E-state index in [1.807, 2.05) is 27.7 Å². The molecule has 0 amide bonds. The van der Waals surface area contributed by atoms with Gasteiger partial charge < -0.3 is 10.5 Å². The summed E-state index contributed by atoms with van der Waals surface area (Å²) in [6, 6.07) is -0.462. The van der Waals surface area contributed by atoms with Crippen LogP contribution in [0, 0.1) is 5.92 Å². The van der Waals surface area contributed by atoms with Gasteiger partial charge in [0.05, 0.1) is 0 Å². The molecule has 0 saturated heterocycles. The van der Waals surface area contributed by atoms with E-state index in [9.17, 15) is 4.79 Å². The van der Waals surface area contributed by atoms with E-state index < -0.39 is 6.04 Å². The van der Waals surface area contributed by atoms with Crippen molar-refractivity contribution in [2.24, 2.45) is 11.7 Å². The summed E-state index contributed by atoms with van der Waals surface area (Å²) in [6.07, 6.45) is 2.44. The van der Waals surface area contributed by atoms with Gasteiger partial charge in [0.25, 0.3) is 0 Å². The molecule has 0 aromatic heterocycles. The summed E-state index contributed by atoms with van der Waals surface area (Å²) >= 11 is 0. The molecule has 3 nitrogen and oxygen atoms in total. The molecule has 14 heavy (non-hydrogen) atoms. The maximum absolute atomic E-state index is 11.5. The van der Waals surface area contributed by atoms with E-state index in [1.165, 1.54) is 0 Å². The molecular weight excluding hydrogens is 178 g/mol. The predicted octanol–water partition coefficient (Wildman–Crippen LogP) is 2.09. The van der Waals surface area contributed by atoms with Gasteiger partial charge in [0.1, 0.15) is 12.1 Å². The Morgan fingerprint density at radius 1 is 1.29 bits per heavy atom. The lowest BCUT2D eigenvalue weighted by Crippen LogP contribution is -2.35. The number of nitrogens with two attached hydrogens (primary N) is 1. The Morgan fingerprint density at radius 2 is 1.79 bits per heavy atom. The Hall–Kier alpha value is -0.570. The topological polar surface area (TPSA) is 52.3 Å². The molecule has 1 atom stereocenters. The Morgan fingerprint density at radius 3 is 2.14 bits per heavy atom. The van der Waals surface area contributed by atoms with Crippen molar-refractivity contribution in [3.8, 4) is 0 Å². The molecule has 84 valence electrons. The normalized spacial score (nSPS) is 13.4. The minimum absolute atomic E-state index is 0.0284. The zero-order chi connectivity index (χ0) is 11.1. The number of ether oxygens (including phenoxy) is 1. The lowest BCUT2D eigenvalue weighted by atomic mass is 10.0. The van der Waals surface area contributed by atoms with Gasteiger partial charge >= 0.3 is 5.97 Å². The van der Waals surface area contributed by atoms with Crippen molar-refractivity contribution >= 4 is 5.97 Å². The fourth-order valence-corrected chi connectivity index (χ4v) is 1.31. The summed E-state index contributed by atoms with van der Waals surface area (Å²) in [5.74, 6) is 0.173. The predicted molar refractivity (Wildman–Crippen MR) is 57.9 cm³/mol. The summed E-state index contributed by atoms with van der Waals surface area (Å²) in [6.45, 7) is 8.11. The smallest absolute Gasteiger partial charge is 0.323 e. The van der Waals surface area contributed by atoms with E-state index in [-0.39, 0.29) is 12.1 Å². The van der Waals surface area contributed by atoms with Crippen LogP contribution in [0.25, 0.3) is 0 Å². The third kappa shape index (κ3) is 5.22. The second-order valence-electron chi connectivity index (χ2n) is 4.11. The molecule has 0 aliphatic rings. The second-order valence-corrected chi connectivity index (χ2v) is 4.11. The van der Waals surface area contributed by atoms with Crippen molar-refractivity contribution in [3.05, 3.63) is 0 Å². The molecule has 0 bridgehead atoms. The number of carbonyl (C=O) groups is 1. The van der Waals surface area contributed by atoms with E-state index in [0.717, 1.165) is 12.8 Å². The quantitative estimate of drug-likeness (QED) is 0.669. The highest BCUT2D eigenvalue weighted by Crippen LogP contribution is 2.08. The van der Waals surface area contributed by atoms with Crippen LogP contribution in [0.2, 0.25) is 0 Å². The summed E-state index contributed by atoms with van der Waals surface area (Å²) in [7, 11) is 0. The van der Waals surface area contributed by atoms with Crippen molar-refractivity contribution in [1.29, 1.82) is 0 Å². The van der Waals surface area contributed by atoms with Crippen LogP contribution < -0.4 is 5.73 Å². The van der Waals surface area contributed by atoms with Crippen LogP contribution in [0.4, 0.5) is 0 Å². The molecule has 2 N–H and O–H groups in total. The lowest BCUT2D eigenvalue weighted by Gasteiger charge is -2.18. The highest BCUT2D eigenvalue weighted by Gasteiger charge is 2.19. The minimum Gasteiger partial charge on any atom is -0.461 e. The maximum atomic E-state index is 11.5. The molecule has 0 spiro atoms. The van der Waals surface area contributed by atoms with Crippen molar-refractivity contribution in [2.45, 2.75) is 59.1 Å². The van der Waals surface area contributed by atoms with Crippen molar-refractivity contribution < 1.29 is 9.53 Å². The molecule has 0 aromatic rings. The second kappa shape index (κ2) is 6.82. The van der Waals surface area contributed by atoms with Crippen LogP contribution >= 0.6 is 0 Å². The molecule has 1 unspecified atom stereocenters. The monoisotopic (exact) mass is 201 g/mol. The van der Waals surface area contributed by atoms with Gasteiger partial charge in [-0.15, -0.1) is 0 Å². The van der Waals surface area contributed by atoms with Gasteiger partial charge in [-0.1, -0.05) is 27.7 Å². The van der Waals surface area contributed by atoms with Crippen LogP contribution in [0.3, 0.4) is 0 Å². The van der Waals surface area contributed by atoms with Crippen LogP contribution in [-0.4, -0.2) is 18.1 Å². The average Bonchev–Trinajstić information content (AvgIpc) is 2.12. The Kier molecular flexibility index (Phi) is 6.54. The van der Waals surface area contributed by atoms with Crippen LogP contribution in [0.5, 0.6) is 0 Å². The zero-order valence-electron chi connectivity index (χ0n) is 9.75. The maximum Gasteiger partial charge on any atom is 0.323 e. The number of esters is 1. The highest BCUT2D eigenvalue weighted by molar-refractivity contribution is 5.75. The Bertz CT molecular complexity index is 165. The molecule has 0 fully saturated rings. The summed E-state index contributed by atoms with van der Waals surface area (Å²) in [5, 5.41) is 0. The highest BCUT2D eigenvalue weighted by atomic mass is 16.5. The number of carbonyl (C=O) groups excluding carboxylic acids is 1. The van der Waals surface area contributed by atoms with Crippen molar-refractivity contribution in [3.63, 3.8) is 0 Å². The van der Waals surface area contributed by atoms with Crippen LogP contribution in [0.15, 0.2) is 0 Å². The van der Waals surface area contributed by atoms with Gasteiger partial charge in [-0.05, 0) is 25.2 Å². The largest absolute Gasteiger partial charge is 0.461 e. The third-order valence-electron chi connectivity index (χ3n) is 2.22. The van der Waals surface area contributed by atoms with Crippen LogP contribution in [-0.2, 0) is 9.53 Å². The van der Waals surface area contributed by atoms with Gasteiger partial charge in [-0.2, -0.15) is 0 Å². The Labute approximate surface area is 87.0 Å². The average molecular weight is 201 g/mol. The lowest BCUT2D eigenvalue weighted by molar-refractivity contribution is -0.151. The molecule has 0 rings (SSSR count). The fraction of sp³-hybridized carbons (Fsp3) is 0.909. The summed E-state index contributed by atoms with van der Waals surface area (Å²) < 4.78 is 5.25. The first-order valence-electron chi connectivity index (χ1n) is 5.47. The third-order valence-corrected chi connectivity index (χ3v) is 2.22. The SMILES string of the molecule is CCC(CC)OC(=O)C(N)CC(C)C. The molecule has 0 saturated carbocycles. The molecule has 3 heteroatoms. The van der Waals surface area contributed by atoms with E-state index in [0.29, 0.717) is 12.3 Å². The van der Waals surface area contributed by atoms with Gasteiger partial charge in [-0.25, -0.2) is 0 Å². The molecule has 0 aromatic carbocycles. The van der Waals surface area contributed by atoms with E-state index in [4.69, 9.17) is 10.5 Å². The number of hydrogen-bond donors (Lipinski definition) is 1. The standard InChI is InChI=1S/C11H23NO2/c1-5-9(6-2)14-11(13)10(12)7-8(3)4/h8-10H,5-7,12H2,1-4H3. The summed E-state index contributed by atoms with van der Waals surface area (Å²) in [5.41, 5.74) is 5.70. The van der Waals surface area contributed by atoms with Gasteiger partial charge in [0.2, 0.25) is 0 Å². The first kappa shape index (κ1) is 13.4. The molecule has 0 heterocycles. The number of rotatable bonds is 6. The van der Waals surface area contributed by atoms with Gasteiger partial charge in [-0.3, -0.25) is 4.79 Å². The zero-order valence-corrected chi connectivity index (χ0v) is 9.75. The number of hydrogen-bond acceptors (Lipinski definition) is 3. The first-order chi connectivity index (χ1) is 6.51. The van der Waals surface area contributed by atoms with Gasteiger partial charge in [0.15, 0.2) is 0 Å². The molecule has 0 radical (unpaired) electrons.